The van der Waals surface area contributed by atoms with E-state index in [1.807, 2.05) is 6.92 Å². The summed E-state index contributed by atoms with van der Waals surface area (Å²) in [5, 5.41) is 14.8. The molecule has 59 heavy (non-hydrogen) atoms. The van der Waals surface area contributed by atoms with Gasteiger partial charge in [0.1, 0.15) is 40.0 Å². The molecule has 3 N–H and O–H groups in total. The highest BCUT2D eigenvalue weighted by molar-refractivity contribution is 5.87. The number of fused-ring (bicyclic) bond motifs is 2. The van der Waals surface area contributed by atoms with Gasteiger partial charge in [0, 0.05) is 56.8 Å². The molecule has 298 valence electrons. The van der Waals surface area contributed by atoms with Crippen molar-refractivity contribution in [2.75, 3.05) is 17.7 Å². The van der Waals surface area contributed by atoms with E-state index in [-0.39, 0.29) is 34.7 Å². The van der Waals surface area contributed by atoms with Gasteiger partial charge in [-0.15, -0.1) is 0 Å². The summed E-state index contributed by atoms with van der Waals surface area (Å²) in [6.07, 6.45) is 2.77. The maximum Gasteiger partial charge on any atom is 0.356 e. The van der Waals surface area contributed by atoms with Crippen LogP contribution in [0.1, 0.15) is 26.5 Å². The number of pyridine rings is 4. The number of nitrogens with one attached hydrogen (secondary N) is 2. The molecular weight excluding hydrogens is 773 g/mol. The highest BCUT2D eigenvalue weighted by Crippen LogP contribution is 2.28. The molecule has 0 amide bonds. The summed E-state index contributed by atoms with van der Waals surface area (Å²) >= 11 is 0. The summed E-state index contributed by atoms with van der Waals surface area (Å²) in [5.74, 6) is -1.61. The lowest BCUT2D eigenvalue weighted by atomic mass is 10.2. The Balaban J connectivity index is 0.000000179. The van der Waals surface area contributed by atoms with Crippen LogP contribution in [0.3, 0.4) is 0 Å². The number of aromatic carboxylic acids is 1. The van der Waals surface area contributed by atoms with Gasteiger partial charge in [0.2, 0.25) is 23.7 Å². The predicted octanol–water partition coefficient (Wildman–Crippen LogP) is 8.01. The van der Waals surface area contributed by atoms with E-state index in [0.29, 0.717) is 51.4 Å². The molecule has 0 fully saturated rings. The molecule has 8 aromatic rings. The zero-order valence-corrected chi connectivity index (χ0v) is 31.4. The smallest absolute Gasteiger partial charge is 0.356 e. The summed E-state index contributed by atoms with van der Waals surface area (Å²) in [7, 11) is 4.70. The number of rotatable bonds is 10. The average Bonchev–Trinajstić information content (AvgIpc) is 3.70. The quantitative estimate of drug-likeness (QED) is 0.113. The normalized spacial score (nSPS) is 10.8. The first kappa shape index (κ1) is 39.2. The minimum atomic E-state index is -1.15. The molecule has 0 aliphatic rings. The van der Waals surface area contributed by atoms with Crippen molar-refractivity contribution >= 4 is 57.5 Å². The number of anilines is 4. The third-order valence-corrected chi connectivity index (χ3v) is 8.45. The molecule has 8 rings (SSSR count). The van der Waals surface area contributed by atoms with Crippen molar-refractivity contribution < 1.29 is 42.1 Å². The van der Waals surface area contributed by atoms with Crippen LogP contribution in [0.2, 0.25) is 0 Å². The van der Waals surface area contributed by atoms with Gasteiger partial charge in [0.25, 0.3) is 0 Å². The molecular formula is C40H31F3N10O6. The van der Waals surface area contributed by atoms with Gasteiger partial charge < -0.3 is 30.0 Å². The molecule has 0 bridgehead atoms. The van der Waals surface area contributed by atoms with E-state index >= 15 is 0 Å². The van der Waals surface area contributed by atoms with Crippen molar-refractivity contribution in [1.82, 2.24) is 39.0 Å². The molecule has 0 aliphatic carbocycles. The molecule has 0 spiro atoms. The van der Waals surface area contributed by atoms with Crippen LogP contribution < -0.4 is 20.1 Å². The Bertz CT molecular complexity index is 2890. The molecule has 0 atom stereocenters. The number of carboxylic acids is 1. The zero-order valence-electron chi connectivity index (χ0n) is 31.4. The highest BCUT2D eigenvalue weighted by atomic mass is 19.1. The Morgan fingerprint density at radius 1 is 0.644 bits per heavy atom. The Kier molecular flexibility index (Phi) is 11.0. The molecule has 0 radical (unpaired) electrons. The number of methoxy groups -OCH3 is 1. The number of aromatic nitrogens is 8. The number of nitrogens with zero attached hydrogens (tertiary/aromatic N) is 8. The standard InChI is InChI=1S/C20H15F2N5O3.C20H16FN5O3/c1-27-18-15(25-20(27)24-14-4-3-11(21)9-13(14)22)5-6-17(26-18)30-12-7-8-23-16(10-12)19(28)29-2;1-11-3-4-14(13(21)9-11)23-20-24-15-5-6-17(25-18(15)26(20)2)29-12-7-8-22-16(10-12)19(27)28/h3-10H,1-2H3,(H,24,25);3-10H,1-2H3,(H,23,24)(H,27,28). The number of hydrogen-bond acceptors (Lipinski definition) is 13. The van der Waals surface area contributed by atoms with Crippen LogP contribution in [0, 0.1) is 24.4 Å². The first-order chi connectivity index (χ1) is 28.3. The van der Waals surface area contributed by atoms with Gasteiger partial charge in [0.15, 0.2) is 22.7 Å². The molecule has 6 aromatic heterocycles. The SMILES string of the molecule is COC(=O)c1cc(Oc2ccc3nc(Nc4ccc(F)cc4F)n(C)c3n2)ccn1.Cc1ccc(Nc2nc3ccc(Oc4ccnc(C(=O)O)c4)nc3n2C)c(F)c1. The van der Waals surface area contributed by atoms with E-state index in [9.17, 15) is 22.8 Å². The van der Waals surface area contributed by atoms with Crippen LogP contribution in [0.15, 0.2) is 97.3 Å². The van der Waals surface area contributed by atoms with Gasteiger partial charge in [0.05, 0.1) is 18.5 Å². The number of aryl methyl sites for hydroxylation is 3. The predicted molar refractivity (Wildman–Crippen MR) is 208 cm³/mol. The Hall–Kier alpha value is -8.09. The summed E-state index contributed by atoms with van der Waals surface area (Å²) < 4.78 is 60.5. The number of imidazole rings is 2. The fourth-order valence-electron chi connectivity index (χ4n) is 5.51. The Labute approximate surface area is 331 Å². The van der Waals surface area contributed by atoms with Crippen molar-refractivity contribution in [2.24, 2.45) is 14.1 Å². The van der Waals surface area contributed by atoms with Crippen molar-refractivity contribution in [1.29, 1.82) is 0 Å². The van der Waals surface area contributed by atoms with Crippen molar-refractivity contribution in [3.05, 3.63) is 132 Å². The topological polar surface area (TPSA) is 193 Å². The summed E-state index contributed by atoms with van der Waals surface area (Å²) in [6.45, 7) is 1.82. The second-order valence-electron chi connectivity index (χ2n) is 12.6. The summed E-state index contributed by atoms with van der Waals surface area (Å²) in [5.41, 5.74) is 3.31. The second kappa shape index (κ2) is 16.6. The van der Waals surface area contributed by atoms with E-state index < -0.39 is 23.6 Å². The van der Waals surface area contributed by atoms with Gasteiger partial charge in [-0.3, -0.25) is 9.13 Å². The number of carboxylic acid groups (broad SMARTS) is 1. The maximum absolute atomic E-state index is 14.1. The molecule has 0 saturated heterocycles. The highest BCUT2D eigenvalue weighted by Gasteiger charge is 2.16. The van der Waals surface area contributed by atoms with Crippen LogP contribution in [-0.2, 0) is 18.8 Å². The third-order valence-electron chi connectivity index (χ3n) is 8.45. The third kappa shape index (κ3) is 8.83. The minimum absolute atomic E-state index is 0.0819. The number of benzene rings is 2. The Morgan fingerprint density at radius 2 is 1.15 bits per heavy atom. The van der Waals surface area contributed by atoms with Crippen molar-refractivity contribution in [3.63, 3.8) is 0 Å². The molecule has 19 heteroatoms. The van der Waals surface area contributed by atoms with E-state index in [0.717, 1.165) is 17.7 Å². The van der Waals surface area contributed by atoms with Gasteiger partial charge in [-0.2, -0.15) is 9.97 Å². The van der Waals surface area contributed by atoms with Crippen LogP contribution in [-0.4, -0.2) is 63.2 Å². The van der Waals surface area contributed by atoms with E-state index in [1.165, 1.54) is 49.8 Å². The largest absolute Gasteiger partial charge is 0.477 e. The second-order valence-corrected chi connectivity index (χ2v) is 12.6. The lowest BCUT2D eigenvalue weighted by molar-refractivity contribution is 0.0592. The minimum Gasteiger partial charge on any atom is -0.477 e. The van der Waals surface area contributed by atoms with Crippen molar-refractivity contribution in [2.45, 2.75) is 6.92 Å². The molecule has 6 heterocycles. The van der Waals surface area contributed by atoms with Crippen LogP contribution in [0.4, 0.5) is 36.4 Å². The zero-order chi connectivity index (χ0) is 41.8. The Morgan fingerprint density at radius 3 is 1.66 bits per heavy atom. The first-order valence-corrected chi connectivity index (χ1v) is 17.4. The molecule has 0 aliphatic heterocycles. The molecule has 2 aromatic carbocycles. The van der Waals surface area contributed by atoms with E-state index in [4.69, 9.17) is 14.6 Å². The number of hydrogen-bond donors (Lipinski definition) is 3. The van der Waals surface area contributed by atoms with Crippen LogP contribution >= 0.6 is 0 Å². The molecule has 16 nitrogen and oxygen atoms in total. The average molecular weight is 805 g/mol. The molecule has 0 saturated carbocycles. The van der Waals surface area contributed by atoms with Gasteiger partial charge in [-0.1, -0.05) is 6.07 Å². The number of carbonyl (C=O) groups excluding carboxylic acids is 1. The van der Waals surface area contributed by atoms with Gasteiger partial charge >= 0.3 is 11.9 Å². The summed E-state index contributed by atoms with van der Waals surface area (Å²) in [4.78, 5) is 48.0. The fourth-order valence-corrected chi connectivity index (χ4v) is 5.51. The number of carbonyl (C=O) groups is 2. The maximum atomic E-state index is 14.1. The fraction of sp³-hybridized carbons (Fsp3) is 0.100. The van der Waals surface area contributed by atoms with Crippen molar-refractivity contribution in [3.8, 4) is 23.3 Å². The summed E-state index contributed by atoms with van der Waals surface area (Å²) in [6, 6.07) is 20.6. The van der Waals surface area contributed by atoms with Gasteiger partial charge in [-0.25, -0.2) is 42.7 Å². The van der Waals surface area contributed by atoms with E-state index in [2.05, 4.69) is 45.3 Å². The molecule has 0 unspecified atom stereocenters. The van der Waals surface area contributed by atoms with Crippen LogP contribution in [0.25, 0.3) is 22.3 Å². The van der Waals surface area contributed by atoms with Gasteiger partial charge in [-0.05, 0) is 61.0 Å². The number of halogens is 3. The monoisotopic (exact) mass is 804 g/mol. The van der Waals surface area contributed by atoms with Crippen LogP contribution in [0.5, 0.6) is 23.3 Å². The number of esters is 1. The first-order valence-electron chi connectivity index (χ1n) is 17.4. The van der Waals surface area contributed by atoms with E-state index in [1.54, 1.807) is 65.7 Å². The lowest BCUT2D eigenvalue weighted by Gasteiger charge is -2.08. The lowest BCUT2D eigenvalue weighted by Crippen LogP contribution is -2.04. The number of ether oxygens (including phenoxy) is 3.